The van der Waals surface area contributed by atoms with Gasteiger partial charge in [0, 0.05) is 15.7 Å². The molecule has 0 heterocycles. The zero-order valence-corrected chi connectivity index (χ0v) is 14.7. The minimum Gasteiger partial charge on any atom is -0.344 e. The molecule has 2 rings (SSSR count). The third kappa shape index (κ3) is 5.48. The first-order valence-electron chi connectivity index (χ1n) is 6.97. The molecule has 0 radical (unpaired) electrons. The molecule has 0 atom stereocenters. The van der Waals surface area contributed by atoms with Gasteiger partial charge in [-0.1, -0.05) is 48.0 Å². The molecule has 2 amide bonds. The van der Waals surface area contributed by atoms with Crippen molar-refractivity contribution in [1.82, 2.24) is 10.7 Å². The number of carbonyl (C=O) groups excluding carboxylic acids is 2. The molecule has 0 spiro atoms. The van der Waals surface area contributed by atoms with Crippen molar-refractivity contribution in [3.05, 3.63) is 68.8 Å². The van der Waals surface area contributed by atoms with Crippen LogP contribution in [0.15, 0.2) is 53.6 Å². The molecule has 0 aliphatic rings. The molecule has 0 unspecified atom stereocenters. The maximum Gasteiger partial charge on any atom is 0.329 e. The van der Waals surface area contributed by atoms with E-state index in [1.807, 2.05) is 55.5 Å². The van der Waals surface area contributed by atoms with E-state index in [2.05, 4.69) is 38.4 Å². The lowest BCUT2D eigenvalue weighted by atomic mass is 10.1. The summed E-state index contributed by atoms with van der Waals surface area (Å²) >= 11 is 2.17. The second-order valence-electron chi connectivity index (χ2n) is 4.89. The quantitative estimate of drug-likeness (QED) is 0.345. The highest BCUT2D eigenvalue weighted by Crippen LogP contribution is 2.08. The Bertz CT molecular complexity index is 727. The molecular weight excluding hydrogens is 405 g/mol. The lowest BCUT2D eigenvalue weighted by Gasteiger charge is -2.04. The summed E-state index contributed by atoms with van der Waals surface area (Å²) in [5, 5.41) is 6.35. The number of benzene rings is 2. The number of nitrogens with one attached hydrogen (secondary N) is 2. The van der Waals surface area contributed by atoms with Gasteiger partial charge in [0.15, 0.2) is 0 Å². The Balaban J connectivity index is 1.82. The van der Waals surface area contributed by atoms with E-state index in [1.165, 1.54) is 6.21 Å². The molecule has 0 saturated heterocycles. The third-order valence-electron chi connectivity index (χ3n) is 3.05. The second kappa shape index (κ2) is 8.42. The smallest absolute Gasteiger partial charge is 0.329 e. The fourth-order valence-electron chi connectivity index (χ4n) is 1.76. The van der Waals surface area contributed by atoms with Crippen LogP contribution in [0, 0.1) is 10.5 Å². The second-order valence-corrected chi connectivity index (χ2v) is 6.05. The SMILES string of the molecule is Cc1ccc(CNC(=O)C(=O)N/N=C/c2ccccc2I)cc1. The van der Waals surface area contributed by atoms with Crippen LogP contribution in [0.25, 0.3) is 0 Å². The van der Waals surface area contributed by atoms with Crippen molar-refractivity contribution < 1.29 is 9.59 Å². The summed E-state index contributed by atoms with van der Waals surface area (Å²) in [5.41, 5.74) is 5.16. The zero-order valence-electron chi connectivity index (χ0n) is 12.5. The average molecular weight is 421 g/mol. The Morgan fingerprint density at radius 2 is 1.78 bits per heavy atom. The topological polar surface area (TPSA) is 70.6 Å². The lowest BCUT2D eigenvalue weighted by Crippen LogP contribution is -2.37. The number of hydrazone groups is 1. The summed E-state index contributed by atoms with van der Waals surface area (Å²) in [5.74, 6) is -1.51. The number of rotatable bonds is 4. The Hall–Kier alpha value is -2.22. The molecule has 2 N–H and O–H groups in total. The largest absolute Gasteiger partial charge is 0.344 e. The predicted molar refractivity (Wildman–Crippen MR) is 97.9 cm³/mol. The molecule has 5 nitrogen and oxygen atoms in total. The van der Waals surface area contributed by atoms with Crippen molar-refractivity contribution in [2.45, 2.75) is 13.5 Å². The van der Waals surface area contributed by atoms with Gasteiger partial charge in [0.1, 0.15) is 0 Å². The van der Waals surface area contributed by atoms with Crippen LogP contribution in [0.3, 0.4) is 0 Å². The number of hydrogen-bond donors (Lipinski definition) is 2. The van der Waals surface area contributed by atoms with Crippen LogP contribution in [-0.2, 0) is 16.1 Å². The highest BCUT2D eigenvalue weighted by atomic mass is 127. The minimum absolute atomic E-state index is 0.298. The van der Waals surface area contributed by atoms with Crippen LogP contribution in [0.5, 0.6) is 0 Å². The molecule has 2 aromatic rings. The molecule has 6 heteroatoms. The standard InChI is InChI=1S/C17H16IN3O2/c1-12-6-8-13(9-7-12)10-19-16(22)17(23)21-20-11-14-4-2-3-5-15(14)18/h2-9,11H,10H2,1H3,(H,19,22)(H,21,23)/b20-11+. The van der Waals surface area contributed by atoms with Crippen molar-refractivity contribution in [2.75, 3.05) is 0 Å². The van der Waals surface area contributed by atoms with E-state index in [1.54, 1.807) is 0 Å². The Labute approximate surface area is 148 Å². The van der Waals surface area contributed by atoms with Crippen LogP contribution < -0.4 is 10.7 Å². The summed E-state index contributed by atoms with van der Waals surface area (Å²) in [6.07, 6.45) is 1.51. The Morgan fingerprint density at radius 3 is 2.48 bits per heavy atom. The van der Waals surface area contributed by atoms with E-state index in [-0.39, 0.29) is 0 Å². The number of carbonyl (C=O) groups is 2. The molecular formula is C17H16IN3O2. The number of amides is 2. The van der Waals surface area contributed by atoms with Gasteiger partial charge >= 0.3 is 11.8 Å². The number of halogens is 1. The summed E-state index contributed by atoms with van der Waals surface area (Å²) in [6, 6.07) is 15.3. The van der Waals surface area contributed by atoms with E-state index in [4.69, 9.17) is 0 Å². The molecule has 0 aromatic heterocycles. The first-order valence-corrected chi connectivity index (χ1v) is 8.05. The highest BCUT2D eigenvalue weighted by Gasteiger charge is 2.11. The predicted octanol–water partition coefficient (Wildman–Crippen LogP) is 2.37. The van der Waals surface area contributed by atoms with Crippen LogP contribution in [0.4, 0.5) is 0 Å². The third-order valence-corrected chi connectivity index (χ3v) is 4.04. The van der Waals surface area contributed by atoms with Gasteiger partial charge in [-0.15, -0.1) is 0 Å². The van der Waals surface area contributed by atoms with Gasteiger partial charge < -0.3 is 5.32 Å². The van der Waals surface area contributed by atoms with Gasteiger partial charge in [-0.3, -0.25) is 9.59 Å². The molecule has 23 heavy (non-hydrogen) atoms. The Kier molecular flexibility index (Phi) is 6.28. The monoisotopic (exact) mass is 421 g/mol. The van der Waals surface area contributed by atoms with Crippen molar-refractivity contribution in [3.63, 3.8) is 0 Å². The maximum atomic E-state index is 11.7. The fourth-order valence-corrected chi connectivity index (χ4v) is 2.29. The van der Waals surface area contributed by atoms with Gasteiger partial charge in [0.25, 0.3) is 0 Å². The molecule has 2 aromatic carbocycles. The summed E-state index contributed by atoms with van der Waals surface area (Å²) in [6.45, 7) is 2.29. The van der Waals surface area contributed by atoms with Gasteiger partial charge in [-0.25, -0.2) is 5.43 Å². The van der Waals surface area contributed by atoms with Crippen LogP contribution in [-0.4, -0.2) is 18.0 Å². The first-order chi connectivity index (χ1) is 11.1. The van der Waals surface area contributed by atoms with E-state index in [0.717, 1.165) is 20.3 Å². The van der Waals surface area contributed by atoms with Gasteiger partial charge in [0.2, 0.25) is 0 Å². The summed E-state index contributed by atoms with van der Waals surface area (Å²) in [4.78, 5) is 23.3. The molecule has 118 valence electrons. The van der Waals surface area contributed by atoms with Gasteiger partial charge in [-0.2, -0.15) is 5.10 Å². The average Bonchev–Trinajstić information content (AvgIpc) is 2.55. The summed E-state index contributed by atoms with van der Waals surface area (Å²) < 4.78 is 1.01. The van der Waals surface area contributed by atoms with E-state index < -0.39 is 11.8 Å². The maximum absolute atomic E-state index is 11.7. The van der Waals surface area contributed by atoms with Crippen molar-refractivity contribution >= 4 is 40.6 Å². The number of nitrogens with zero attached hydrogens (tertiary/aromatic N) is 1. The van der Waals surface area contributed by atoms with Crippen LogP contribution >= 0.6 is 22.6 Å². The Morgan fingerprint density at radius 1 is 1.09 bits per heavy atom. The lowest BCUT2D eigenvalue weighted by molar-refractivity contribution is -0.139. The van der Waals surface area contributed by atoms with E-state index in [9.17, 15) is 9.59 Å². The van der Waals surface area contributed by atoms with Crippen molar-refractivity contribution in [1.29, 1.82) is 0 Å². The number of hydrogen-bond acceptors (Lipinski definition) is 3. The normalized spacial score (nSPS) is 10.5. The molecule has 0 bridgehead atoms. The first kappa shape index (κ1) is 17.1. The van der Waals surface area contributed by atoms with Crippen LogP contribution in [0.1, 0.15) is 16.7 Å². The fraction of sp³-hybridized carbons (Fsp3) is 0.118. The highest BCUT2D eigenvalue weighted by molar-refractivity contribution is 14.1. The van der Waals surface area contributed by atoms with Crippen LogP contribution in [0.2, 0.25) is 0 Å². The summed E-state index contributed by atoms with van der Waals surface area (Å²) in [7, 11) is 0. The van der Waals surface area contributed by atoms with E-state index in [0.29, 0.717) is 6.54 Å². The number of aryl methyl sites for hydroxylation is 1. The zero-order chi connectivity index (χ0) is 16.7. The minimum atomic E-state index is -0.792. The molecule has 0 fully saturated rings. The molecule has 0 aliphatic carbocycles. The van der Waals surface area contributed by atoms with Gasteiger partial charge in [0.05, 0.1) is 6.21 Å². The van der Waals surface area contributed by atoms with E-state index >= 15 is 0 Å². The van der Waals surface area contributed by atoms with Crippen molar-refractivity contribution in [2.24, 2.45) is 5.10 Å². The van der Waals surface area contributed by atoms with Gasteiger partial charge in [-0.05, 0) is 41.1 Å². The molecule has 0 aliphatic heterocycles. The molecule has 0 saturated carbocycles. The van der Waals surface area contributed by atoms with Crippen molar-refractivity contribution in [3.8, 4) is 0 Å².